The van der Waals surface area contributed by atoms with Crippen molar-refractivity contribution < 1.29 is 9.59 Å². The SMILES string of the molecule is CC1CN(c2cc(Cl)nc(SCC(=O)NC3CC3)n2)CCN1C(=O)CC(C)(C)C. The van der Waals surface area contributed by atoms with Crippen molar-refractivity contribution in [2.24, 2.45) is 5.41 Å². The highest BCUT2D eigenvalue weighted by molar-refractivity contribution is 7.99. The van der Waals surface area contributed by atoms with E-state index in [-0.39, 0.29) is 29.0 Å². The van der Waals surface area contributed by atoms with Crippen molar-refractivity contribution >= 4 is 41.0 Å². The smallest absolute Gasteiger partial charge is 0.230 e. The van der Waals surface area contributed by atoms with Gasteiger partial charge in [0.1, 0.15) is 11.0 Å². The number of hydrogen-bond donors (Lipinski definition) is 1. The molecule has 0 aromatic carbocycles. The fraction of sp³-hybridized carbons (Fsp3) is 0.700. The van der Waals surface area contributed by atoms with Gasteiger partial charge in [0.25, 0.3) is 0 Å². The van der Waals surface area contributed by atoms with E-state index in [2.05, 4.69) is 47.9 Å². The first kappa shape index (κ1) is 22.2. The summed E-state index contributed by atoms with van der Waals surface area (Å²) in [6.45, 7) is 10.4. The third-order valence-electron chi connectivity index (χ3n) is 4.89. The molecule has 7 nitrogen and oxygen atoms in total. The van der Waals surface area contributed by atoms with Crippen molar-refractivity contribution in [1.82, 2.24) is 20.2 Å². The zero-order valence-electron chi connectivity index (χ0n) is 17.6. The summed E-state index contributed by atoms with van der Waals surface area (Å²) in [4.78, 5) is 37.5. The predicted octanol–water partition coefficient (Wildman–Crippen LogP) is 2.97. The Kier molecular flexibility index (Phi) is 6.94. The van der Waals surface area contributed by atoms with Gasteiger partial charge in [-0.1, -0.05) is 44.1 Å². The highest BCUT2D eigenvalue weighted by Crippen LogP contribution is 2.26. The maximum Gasteiger partial charge on any atom is 0.230 e. The van der Waals surface area contributed by atoms with Crippen LogP contribution in [-0.4, -0.2) is 64.2 Å². The number of piperazine rings is 1. The Bertz CT molecular complexity index is 766. The monoisotopic (exact) mass is 439 g/mol. The van der Waals surface area contributed by atoms with Gasteiger partial charge in [0.2, 0.25) is 11.8 Å². The van der Waals surface area contributed by atoms with E-state index in [9.17, 15) is 9.59 Å². The number of nitrogens with one attached hydrogen (secondary N) is 1. The Balaban J connectivity index is 1.59. The summed E-state index contributed by atoms with van der Waals surface area (Å²) >= 11 is 7.50. The van der Waals surface area contributed by atoms with E-state index >= 15 is 0 Å². The van der Waals surface area contributed by atoms with E-state index < -0.39 is 0 Å². The van der Waals surface area contributed by atoms with Crippen molar-refractivity contribution in [3.63, 3.8) is 0 Å². The van der Waals surface area contributed by atoms with E-state index in [1.54, 1.807) is 6.07 Å². The molecule has 9 heteroatoms. The maximum absolute atomic E-state index is 12.6. The summed E-state index contributed by atoms with van der Waals surface area (Å²) in [5.41, 5.74) is -0.0218. The molecule has 1 aromatic rings. The topological polar surface area (TPSA) is 78.4 Å². The molecule has 0 radical (unpaired) electrons. The molecule has 1 atom stereocenters. The van der Waals surface area contributed by atoms with Crippen LogP contribution < -0.4 is 10.2 Å². The van der Waals surface area contributed by atoms with Crippen LogP contribution in [0.2, 0.25) is 5.15 Å². The van der Waals surface area contributed by atoms with Gasteiger partial charge in [0.05, 0.1) is 5.75 Å². The van der Waals surface area contributed by atoms with Crippen molar-refractivity contribution in [3.05, 3.63) is 11.2 Å². The predicted molar refractivity (Wildman–Crippen MR) is 116 cm³/mol. The molecule has 3 rings (SSSR count). The Labute approximate surface area is 182 Å². The zero-order valence-corrected chi connectivity index (χ0v) is 19.1. The highest BCUT2D eigenvalue weighted by atomic mass is 35.5. The van der Waals surface area contributed by atoms with E-state index in [0.29, 0.717) is 42.4 Å². The van der Waals surface area contributed by atoms with Gasteiger partial charge in [-0.25, -0.2) is 9.97 Å². The van der Waals surface area contributed by atoms with Crippen LogP contribution in [0.5, 0.6) is 0 Å². The largest absolute Gasteiger partial charge is 0.353 e. The lowest BCUT2D eigenvalue weighted by Gasteiger charge is -2.41. The van der Waals surface area contributed by atoms with Gasteiger partial charge >= 0.3 is 0 Å². The van der Waals surface area contributed by atoms with Gasteiger partial charge in [0, 0.05) is 44.2 Å². The lowest BCUT2D eigenvalue weighted by Crippen LogP contribution is -2.54. The van der Waals surface area contributed by atoms with Gasteiger partial charge in [0.15, 0.2) is 5.16 Å². The maximum atomic E-state index is 12.6. The van der Waals surface area contributed by atoms with E-state index in [1.807, 2.05) is 4.90 Å². The molecule has 2 heterocycles. The second kappa shape index (κ2) is 9.08. The number of hydrogen-bond acceptors (Lipinski definition) is 6. The summed E-state index contributed by atoms with van der Waals surface area (Å²) in [6.07, 6.45) is 2.67. The van der Waals surface area contributed by atoms with E-state index in [0.717, 1.165) is 18.7 Å². The highest BCUT2D eigenvalue weighted by Gasteiger charge is 2.30. The van der Waals surface area contributed by atoms with Gasteiger partial charge in [-0.05, 0) is 25.2 Å². The van der Waals surface area contributed by atoms with Crippen LogP contribution in [0.3, 0.4) is 0 Å². The minimum absolute atomic E-state index is 0.00206. The Hall–Kier alpha value is -1.54. The number of anilines is 1. The molecule has 1 saturated carbocycles. The van der Waals surface area contributed by atoms with Gasteiger partial charge in [-0.2, -0.15) is 0 Å². The van der Waals surface area contributed by atoms with Crippen LogP contribution in [0.15, 0.2) is 11.2 Å². The fourth-order valence-electron chi connectivity index (χ4n) is 3.33. The lowest BCUT2D eigenvalue weighted by molar-refractivity contribution is -0.135. The number of aromatic nitrogens is 2. The molecule has 1 aromatic heterocycles. The van der Waals surface area contributed by atoms with Crippen molar-refractivity contribution in [2.75, 3.05) is 30.3 Å². The minimum Gasteiger partial charge on any atom is -0.353 e. The lowest BCUT2D eigenvalue weighted by atomic mass is 9.91. The van der Waals surface area contributed by atoms with Crippen LogP contribution in [0.1, 0.15) is 47.0 Å². The molecule has 0 bridgehead atoms. The summed E-state index contributed by atoms with van der Waals surface area (Å²) in [5.74, 6) is 1.22. The molecular weight excluding hydrogens is 410 g/mol. The number of amides is 2. The summed E-state index contributed by atoms with van der Waals surface area (Å²) in [5, 5.41) is 3.82. The standard InChI is InChI=1S/C20H30ClN5O2S/c1-13-11-25(7-8-26(13)18(28)10-20(2,3)4)16-9-15(21)23-19(24-16)29-12-17(27)22-14-5-6-14/h9,13-14H,5-8,10-12H2,1-4H3,(H,22,27). The van der Waals surface area contributed by atoms with Gasteiger partial charge in [-0.3, -0.25) is 9.59 Å². The van der Waals surface area contributed by atoms with Crippen molar-refractivity contribution in [1.29, 1.82) is 0 Å². The average Bonchev–Trinajstić information content (AvgIpc) is 3.41. The van der Waals surface area contributed by atoms with E-state index in [1.165, 1.54) is 11.8 Å². The molecule has 2 fully saturated rings. The second-order valence-corrected chi connectivity index (χ2v) is 10.4. The molecule has 0 spiro atoms. The average molecular weight is 440 g/mol. The first-order valence-corrected chi connectivity index (χ1v) is 11.5. The molecule has 2 amide bonds. The summed E-state index contributed by atoms with van der Waals surface area (Å²) < 4.78 is 0. The molecule has 160 valence electrons. The van der Waals surface area contributed by atoms with Crippen molar-refractivity contribution in [3.8, 4) is 0 Å². The quantitative estimate of drug-likeness (QED) is 0.417. The molecule has 1 N–H and O–H groups in total. The van der Waals surface area contributed by atoms with Crippen LogP contribution >= 0.6 is 23.4 Å². The molecular formula is C20H30ClN5O2S. The van der Waals surface area contributed by atoms with Crippen LogP contribution in [-0.2, 0) is 9.59 Å². The number of nitrogens with zero attached hydrogens (tertiary/aromatic N) is 4. The third-order valence-corrected chi connectivity index (χ3v) is 5.93. The molecule has 1 saturated heterocycles. The third kappa shape index (κ3) is 6.74. The van der Waals surface area contributed by atoms with Gasteiger partial charge in [-0.15, -0.1) is 0 Å². The summed E-state index contributed by atoms with van der Waals surface area (Å²) in [6, 6.07) is 2.18. The Morgan fingerprint density at radius 1 is 1.28 bits per heavy atom. The first-order chi connectivity index (χ1) is 13.6. The van der Waals surface area contributed by atoms with Gasteiger partial charge < -0.3 is 15.1 Å². The first-order valence-electron chi connectivity index (χ1n) is 10.1. The second-order valence-electron chi connectivity index (χ2n) is 9.08. The molecule has 1 aliphatic carbocycles. The fourth-order valence-corrected chi connectivity index (χ4v) is 4.22. The zero-order chi connectivity index (χ0) is 21.2. The number of rotatable bonds is 6. The normalized spacial score (nSPS) is 20.0. The van der Waals surface area contributed by atoms with Crippen LogP contribution in [0.4, 0.5) is 5.82 Å². The number of thioether (sulfide) groups is 1. The van der Waals surface area contributed by atoms with Crippen LogP contribution in [0.25, 0.3) is 0 Å². The number of halogens is 1. The van der Waals surface area contributed by atoms with Crippen molar-refractivity contribution in [2.45, 2.75) is 64.2 Å². The molecule has 2 aliphatic rings. The minimum atomic E-state index is -0.0218. The Morgan fingerprint density at radius 3 is 2.62 bits per heavy atom. The molecule has 29 heavy (non-hydrogen) atoms. The Morgan fingerprint density at radius 2 is 2.00 bits per heavy atom. The van der Waals surface area contributed by atoms with E-state index in [4.69, 9.17) is 11.6 Å². The number of carbonyl (C=O) groups is 2. The summed E-state index contributed by atoms with van der Waals surface area (Å²) in [7, 11) is 0. The van der Waals surface area contributed by atoms with Crippen LogP contribution in [0, 0.1) is 5.41 Å². The number of carbonyl (C=O) groups excluding carboxylic acids is 2. The molecule has 1 aliphatic heterocycles. The molecule has 1 unspecified atom stereocenters.